The summed E-state index contributed by atoms with van der Waals surface area (Å²) in [6.45, 7) is 4.94. The van der Waals surface area contributed by atoms with E-state index < -0.39 is 10.0 Å². The number of hydrogen-bond donors (Lipinski definition) is 0. The highest BCUT2D eigenvalue weighted by Crippen LogP contribution is 2.32. The number of hydrogen-bond acceptors (Lipinski definition) is 5. The maximum absolute atomic E-state index is 13.7. The van der Waals surface area contributed by atoms with Gasteiger partial charge in [0, 0.05) is 32.7 Å². The van der Waals surface area contributed by atoms with Crippen LogP contribution in [0.1, 0.15) is 11.1 Å². The molecule has 1 heterocycles. The van der Waals surface area contributed by atoms with E-state index in [1.807, 2.05) is 25.1 Å². The first-order valence-electron chi connectivity index (χ1n) is 12.3. The van der Waals surface area contributed by atoms with E-state index in [-0.39, 0.29) is 17.3 Å². The van der Waals surface area contributed by atoms with Crippen molar-refractivity contribution in [2.45, 2.75) is 11.8 Å². The van der Waals surface area contributed by atoms with Gasteiger partial charge in [-0.05, 0) is 36.8 Å². The normalized spacial score (nSPS) is 14.6. The summed E-state index contributed by atoms with van der Waals surface area (Å²) >= 11 is 0. The van der Waals surface area contributed by atoms with E-state index in [1.54, 1.807) is 53.4 Å². The molecule has 0 saturated carbocycles. The maximum Gasteiger partial charge on any atom is 0.264 e. The van der Waals surface area contributed by atoms with Gasteiger partial charge in [0.1, 0.15) is 12.3 Å². The topological polar surface area (TPSA) is 70.2 Å². The van der Waals surface area contributed by atoms with Crippen molar-refractivity contribution in [3.8, 4) is 5.75 Å². The quantitative estimate of drug-likeness (QED) is 0.427. The van der Waals surface area contributed by atoms with Crippen LogP contribution in [0.5, 0.6) is 5.75 Å². The average molecular weight is 520 g/mol. The fourth-order valence-electron chi connectivity index (χ4n) is 4.28. The van der Waals surface area contributed by atoms with Crippen LogP contribution >= 0.6 is 0 Å². The van der Waals surface area contributed by atoms with Gasteiger partial charge in [0.05, 0.1) is 17.7 Å². The molecule has 0 aromatic heterocycles. The molecule has 8 heteroatoms. The second-order valence-electron chi connectivity index (χ2n) is 8.99. The number of nitrogens with zero attached hydrogens (tertiary/aromatic N) is 3. The van der Waals surface area contributed by atoms with Gasteiger partial charge in [0.15, 0.2) is 0 Å². The Morgan fingerprint density at radius 2 is 1.57 bits per heavy atom. The minimum absolute atomic E-state index is 0.131. The Morgan fingerprint density at radius 1 is 0.919 bits per heavy atom. The largest absolute Gasteiger partial charge is 0.495 e. The molecule has 0 unspecified atom stereocenters. The van der Waals surface area contributed by atoms with Gasteiger partial charge in [-0.2, -0.15) is 0 Å². The number of carbonyl (C=O) groups excluding carboxylic acids is 1. The van der Waals surface area contributed by atoms with Gasteiger partial charge >= 0.3 is 0 Å². The second kappa shape index (κ2) is 12.1. The van der Waals surface area contributed by atoms with Crippen LogP contribution in [-0.2, 0) is 14.8 Å². The van der Waals surface area contributed by atoms with E-state index >= 15 is 0 Å². The number of para-hydroxylation sites is 2. The molecule has 3 aromatic rings. The summed E-state index contributed by atoms with van der Waals surface area (Å²) in [5, 5.41) is 0. The number of ether oxygens (including phenoxy) is 1. The number of benzene rings is 3. The third kappa shape index (κ3) is 6.58. The highest BCUT2D eigenvalue weighted by atomic mass is 32.2. The van der Waals surface area contributed by atoms with Crippen LogP contribution in [0.2, 0.25) is 0 Å². The predicted octanol–water partition coefficient (Wildman–Crippen LogP) is 4.06. The number of piperazine rings is 1. The first kappa shape index (κ1) is 26.4. The standard InChI is InChI=1S/C29H33N3O4S/c1-24-14-16-26(17-15-24)37(34,35)32(27-12-6-7-13-28(27)36-2)23-29(33)31-21-19-30(20-22-31)18-8-11-25-9-4-3-5-10-25/h3-17H,18-23H2,1-2H3/b11-8+. The van der Waals surface area contributed by atoms with Crippen LogP contribution in [0.25, 0.3) is 6.08 Å². The van der Waals surface area contributed by atoms with Crippen LogP contribution in [0.4, 0.5) is 5.69 Å². The Balaban J connectivity index is 1.46. The molecule has 1 amide bonds. The smallest absolute Gasteiger partial charge is 0.264 e. The van der Waals surface area contributed by atoms with Crippen molar-refractivity contribution in [2.75, 3.05) is 50.7 Å². The highest BCUT2D eigenvalue weighted by molar-refractivity contribution is 7.92. The van der Waals surface area contributed by atoms with E-state index in [9.17, 15) is 13.2 Å². The lowest BCUT2D eigenvalue weighted by Gasteiger charge is -2.35. The highest BCUT2D eigenvalue weighted by Gasteiger charge is 2.31. The zero-order chi connectivity index (χ0) is 26.3. The summed E-state index contributed by atoms with van der Waals surface area (Å²) in [4.78, 5) is 17.5. The van der Waals surface area contributed by atoms with Crippen molar-refractivity contribution < 1.29 is 17.9 Å². The molecule has 0 aliphatic carbocycles. The molecular formula is C29H33N3O4S. The van der Waals surface area contributed by atoms with Gasteiger partial charge in [-0.25, -0.2) is 8.42 Å². The van der Waals surface area contributed by atoms with Gasteiger partial charge in [0.25, 0.3) is 10.0 Å². The Bertz CT molecular complexity index is 1320. The van der Waals surface area contributed by atoms with Crippen molar-refractivity contribution in [2.24, 2.45) is 0 Å². The molecule has 1 fully saturated rings. The fraction of sp³-hybridized carbons (Fsp3) is 0.276. The van der Waals surface area contributed by atoms with E-state index in [0.717, 1.165) is 35.1 Å². The number of carbonyl (C=O) groups is 1. The molecule has 37 heavy (non-hydrogen) atoms. The van der Waals surface area contributed by atoms with Crippen molar-refractivity contribution in [1.82, 2.24) is 9.80 Å². The summed E-state index contributed by atoms with van der Waals surface area (Å²) in [5.41, 5.74) is 2.45. The van der Waals surface area contributed by atoms with Gasteiger partial charge in [0.2, 0.25) is 5.91 Å². The van der Waals surface area contributed by atoms with Crippen LogP contribution < -0.4 is 9.04 Å². The van der Waals surface area contributed by atoms with Crippen molar-refractivity contribution in [1.29, 1.82) is 0 Å². The molecule has 0 radical (unpaired) electrons. The summed E-state index contributed by atoms with van der Waals surface area (Å²) in [5.74, 6) is 0.155. The molecule has 3 aromatic carbocycles. The lowest BCUT2D eigenvalue weighted by molar-refractivity contribution is -0.131. The molecule has 0 spiro atoms. The second-order valence-corrected chi connectivity index (χ2v) is 10.9. The van der Waals surface area contributed by atoms with Crippen LogP contribution in [0, 0.1) is 6.92 Å². The summed E-state index contributed by atoms with van der Waals surface area (Å²) in [6, 6.07) is 23.6. The molecule has 194 valence electrons. The molecule has 7 nitrogen and oxygen atoms in total. The molecule has 0 atom stereocenters. The van der Waals surface area contributed by atoms with E-state index in [0.29, 0.717) is 24.5 Å². The first-order chi connectivity index (χ1) is 17.9. The molecule has 1 aliphatic heterocycles. The van der Waals surface area contributed by atoms with Gasteiger partial charge < -0.3 is 9.64 Å². The predicted molar refractivity (Wildman–Crippen MR) is 147 cm³/mol. The summed E-state index contributed by atoms with van der Waals surface area (Å²) in [6.07, 6.45) is 4.23. The fourth-order valence-corrected chi connectivity index (χ4v) is 5.70. The van der Waals surface area contributed by atoms with Gasteiger partial charge in [-0.1, -0.05) is 72.3 Å². The zero-order valence-electron chi connectivity index (χ0n) is 21.3. The summed E-state index contributed by atoms with van der Waals surface area (Å²) < 4.78 is 34.0. The van der Waals surface area contributed by atoms with Crippen molar-refractivity contribution in [3.63, 3.8) is 0 Å². The molecule has 4 rings (SSSR count). The minimum atomic E-state index is -4.00. The zero-order valence-corrected chi connectivity index (χ0v) is 22.1. The SMILES string of the molecule is COc1ccccc1N(CC(=O)N1CCN(C/C=C/c2ccccc2)CC1)S(=O)(=O)c1ccc(C)cc1. The van der Waals surface area contributed by atoms with Crippen molar-refractivity contribution in [3.05, 3.63) is 96.1 Å². The Kier molecular flexibility index (Phi) is 8.63. The van der Waals surface area contributed by atoms with Crippen molar-refractivity contribution >= 4 is 27.7 Å². The lowest BCUT2D eigenvalue weighted by Crippen LogP contribution is -2.51. The van der Waals surface area contributed by atoms with Crippen LogP contribution in [-0.4, -0.2) is 70.5 Å². The number of aryl methyl sites for hydroxylation is 1. The molecule has 1 aliphatic rings. The average Bonchev–Trinajstić information content (AvgIpc) is 2.92. The van der Waals surface area contributed by atoms with E-state index in [1.165, 1.54) is 7.11 Å². The number of anilines is 1. The molecule has 0 bridgehead atoms. The van der Waals surface area contributed by atoms with E-state index in [4.69, 9.17) is 4.74 Å². The Morgan fingerprint density at radius 3 is 2.24 bits per heavy atom. The Hall–Kier alpha value is -3.62. The van der Waals surface area contributed by atoms with Gasteiger partial charge in [-0.15, -0.1) is 0 Å². The van der Waals surface area contributed by atoms with Gasteiger partial charge in [-0.3, -0.25) is 14.0 Å². The Labute approximate surface area is 219 Å². The molecule has 0 N–H and O–H groups in total. The molecule has 1 saturated heterocycles. The third-order valence-electron chi connectivity index (χ3n) is 6.44. The number of sulfonamides is 1. The summed E-state index contributed by atoms with van der Waals surface area (Å²) in [7, 11) is -2.51. The third-order valence-corrected chi connectivity index (χ3v) is 8.21. The monoisotopic (exact) mass is 519 g/mol. The maximum atomic E-state index is 13.7. The minimum Gasteiger partial charge on any atom is -0.495 e. The number of amides is 1. The lowest BCUT2D eigenvalue weighted by atomic mass is 10.2. The molecular weight excluding hydrogens is 486 g/mol. The number of methoxy groups -OCH3 is 1. The number of rotatable bonds is 9. The van der Waals surface area contributed by atoms with Crippen LogP contribution in [0.3, 0.4) is 0 Å². The van der Waals surface area contributed by atoms with Crippen LogP contribution in [0.15, 0.2) is 89.8 Å². The van der Waals surface area contributed by atoms with E-state index in [2.05, 4.69) is 29.2 Å². The first-order valence-corrected chi connectivity index (χ1v) is 13.8.